The van der Waals surface area contributed by atoms with Crippen molar-refractivity contribution in [3.05, 3.63) is 24.0 Å². The minimum Gasteiger partial charge on any atom is -0.367 e. The van der Waals surface area contributed by atoms with E-state index in [1.165, 1.54) is 0 Å². The van der Waals surface area contributed by atoms with Crippen LogP contribution in [0.25, 0.3) is 0 Å². The second kappa shape index (κ2) is 3.23. The van der Waals surface area contributed by atoms with Crippen LogP contribution in [0.4, 0.5) is 0 Å². The molecule has 11 heavy (non-hydrogen) atoms. The number of H-pyrrole nitrogens is 1. The molecule has 3 heteroatoms. The van der Waals surface area contributed by atoms with Gasteiger partial charge in [0, 0.05) is 18.4 Å². The first-order valence-electron chi connectivity index (χ1n) is 3.64. The molecular formula is C8H12N2O. The zero-order valence-electron chi connectivity index (χ0n) is 6.72. The van der Waals surface area contributed by atoms with Crippen molar-refractivity contribution in [2.24, 2.45) is 0 Å². The molecule has 1 aromatic heterocycles. The number of hydrogen-bond donors (Lipinski definition) is 2. The van der Waals surface area contributed by atoms with Gasteiger partial charge in [-0.25, -0.2) is 0 Å². The number of nitrogens with one attached hydrogen (secondary N) is 2. The Kier molecular flexibility index (Phi) is 2.31. The number of aromatic nitrogens is 1. The first-order chi connectivity index (χ1) is 5.20. The molecule has 0 saturated heterocycles. The lowest BCUT2D eigenvalue weighted by Crippen LogP contribution is -2.29. The number of aromatic amines is 1. The maximum absolute atomic E-state index is 11.2. The standard InChI is InChI=1S/C8H12N2O/c1-6(2)10-8(11)7-3-4-9-5-7/h3-6,9H,1-2H3,(H,10,11). The quantitative estimate of drug-likeness (QED) is 0.656. The summed E-state index contributed by atoms with van der Waals surface area (Å²) >= 11 is 0. The third-order valence-corrected chi connectivity index (χ3v) is 1.28. The predicted octanol–water partition coefficient (Wildman–Crippen LogP) is 1.15. The topological polar surface area (TPSA) is 44.9 Å². The summed E-state index contributed by atoms with van der Waals surface area (Å²) in [6, 6.07) is 1.94. The maximum Gasteiger partial charge on any atom is 0.253 e. The van der Waals surface area contributed by atoms with Crippen LogP contribution in [-0.2, 0) is 0 Å². The molecule has 0 aliphatic heterocycles. The average Bonchev–Trinajstić information content (AvgIpc) is 2.35. The molecule has 0 spiro atoms. The van der Waals surface area contributed by atoms with Crippen LogP contribution in [0.2, 0.25) is 0 Å². The second-order valence-electron chi connectivity index (χ2n) is 2.73. The molecule has 0 saturated carbocycles. The van der Waals surface area contributed by atoms with Crippen LogP contribution in [0.3, 0.4) is 0 Å². The molecule has 1 aromatic rings. The van der Waals surface area contributed by atoms with Gasteiger partial charge in [-0.15, -0.1) is 0 Å². The molecule has 0 atom stereocenters. The number of carbonyl (C=O) groups excluding carboxylic acids is 1. The molecule has 0 fully saturated rings. The average molecular weight is 152 g/mol. The zero-order chi connectivity index (χ0) is 8.27. The molecule has 0 radical (unpaired) electrons. The Morgan fingerprint density at radius 2 is 2.36 bits per heavy atom. The van der Waals surface area contributed by atoms with Gasteiger partial charge in [0.1, 0.15) is 0 Å². The largest absolute Gasteiger partial charge is 0.367 e. The molecule has 1 amide bonds. The van der Waals surface area contributed by atoms with E-state index in [0.717, 1.165) is 0 Å². The second-order valence-corrected chi connectivity index (χ2v) is 2.73. The van der Waals surface area contributed by atoms with Gasteiger partial charge in [-0.2, -0.15) is 0 Å². The fourth-order valence-corrected chi connectivity index (χ4v) is 0.811. The van der Waals surface area contributed by atoms with Crippen LogP contribution < -0.4 is 5.32 Å². The fraction of sp³-hybridized carbons (Fsp3) is 0.375. The molecule has 0 unspecified atom stereocenters. The van der Waals surface area contributed by atoms with Crippen LogP contribution in [0.5, 0.6) is 0 Å². The van der Waals surface area contributed by atoms with E-state index >= 15 is 0 Å². The van der Waals surface area contributed by atoms with Crippen molar-refractivity contribution >= 4 is 5.91 Å². The highest BCUT2D eigenvalue weighted by atomic mass is 16.1. The summed E-state index contributed by atoms with van der Waals surface area (Å²) in [7, 11) is 0. The third-order valence-electron chi connectivity index (χ3n) is 1.28. The fourth-order valence-electron chi connectivity index (χ4n) is 0.811. The van der Waals surface area contributed by atoms with Gasteiger partial charge < -0.3 is 10.3 Å². The Morgan fingerprint density at radius 3 is 2.82 bits per heavy atom. The molecule has 60 valence electrons. The van der Waals surface area contributed by atoms with Crippen LogP contribution in [-0.4, -0.2) is 16.9 Å². The highest BCUT2D eigenvalue weighted by Crippen LogP contribution is 1.96. The van der Waals surface area contributed by atoms with E-state index in [9.17, 15) is 4.79 Å². The molecular weight excluding hydrogens is 140 g/mol. The Morgan fingerprint density at radius 1 is 1.64 bits per heavy atom. The van der Waals surface area contributed by atoms with Gasteiger partial charge in [-0.1, -0.05) is 0 Å². The van der Waals surface area contributed by atoms with Crippen molar-refractivity contribution in [1.29, 1.82) is 0 Å². The van der Waals surface area contributed by atoms with E-state index in [-0.39, 0.29) is 11.9 Å². The lowest BCUT2D eigenvalue weighted by Gasteiger charge is -2.05. The molecule has 0 aliphatic rings. The Labute approximate surface area is 65.8 Å². The number of hydrogen-bond acceptors (Lipinski definition) is 1. The summed E-state index contributed by atoms with van der Waals surface area (Å²) in [6.45, 7) is 3.87. The van der Waals surface area contributed by atoms with E-state index in [2.05, 4.69) is 10.3 Å². The lowest BCUT2D eigenvalue weighted by atomic mass is 10.3. The van der Waals surface area contributed by atoms with Crippen molar-refractivity contribution in [2.45, 2.75) is 19.9 Å². The van der Waals surface area contributed by atoms with Gasteiger partial charge in [-0.05, 0) is 19.9 Å². The van der Waals surface area contributed by atoms with Crippen molar-refractivity contribution in [3.63, 3.8) is 0 Å². The molecule has 1 rings (SSSR count). The van der Waals surface area contributed by atoms with E-state index in [0.29, 0.717) is 5.56 Å². The van der Waals surface area contributed by atoms with Crippen molar-refractivity contribution in [2.75, 3.05) is 0 Å². The number of rotatable bonds is 2. The maximum atomic E-state index is 11.2. The monoisotopic (exact) mass is 152 g/mol. The minimum absolute atomic E-state index is 0.0266. The van der Waals surface area contributed by atoms with Crippen molar-refractivity contribution in [1.82, 2.24) is 10.3 Å². The van der Waals surface area contributed by atoms with Gasteiger partial charge in [0.05, 0.1) is 5.56 Å². The van der Waals surface area contributed by atoms with Crippen LogP contribution >= 0.6 is 0 Å². The molecule has 1 heterocycles. The Balaban J connectivity index is 2.57. The molecule has 0 bridgehead atoms. The highest BCUT2D eigenvalue weighted by Gasteiger charge is 2.05. The van der Waals surface area contributed by atoms with Gasteiger partial charge in [-0.3, -0.25) is 4.79 Å². The van der Waals surface area contributed by atoms with Crippen molar-refractivity contribution < 1.29 is 4.79 Å². The molecule has 0 aliphatic carbocycles. The van der Waals surface area contributed by atoms with Crippen LogP contribution in [0.1, 0.15) is 24.2 Å². The first kappa shape index (κ1) is 7.85. The van der Waals surface area contributed by atoms with E-state index in [1.54, 1.807) is 18.5 Å². The predicted molar refractivity (Wildman–Crippen MR) is 43.4 cm³/mol. The van der Waals surface area contributed by atoms with Crippen molar-refractivity contribution in [3.8, 4) is 0 Å². The summed E-state index contributed by atoms with van der Waals surface area (Å²) in [5, 5.41) is 2.79. The normalized spacial score (nSPS) is 10.1. The zero-order valence-corrected chi connectivity index (χ0v) is 6.72. The first-order valence-corrected chi connectivity index (χ1v) is 3.64. The van der Waals surface area contributed by atoms with Gasteiger partial charge in [0.25, 0.3) is 5.91 Å². The van der Waals surface area contributed by atoms with Crippen LogP contribution in [0.15, 0.2) is 18.5 Å². The lowest BCUT2D eigenvalue weighted by molar-refractivity contribution is 0.0943. The molecule has 2 N–H and O–H groups in total. The van der Waals surface area contributed by atoms with E-state index < -0.39 is 0 Å². The molecule has 3 nitrogen and oxygen atoms in total. The van der Waals surface area contributed by atoms with Gasteiger partial charge in [0.2, 0.25) is 0 Å². The summed E-state index contributed by atoms with van der Waals surface area (Å²) in [5.74, 6) is -0.0266. The third kappa shape index (κ3) is 2.11. The van der Waals surface area contributed by atoms with Crippen LogP contribution in [0, 0.1) is 0 Å². The molecule has 0 aromatic carbocycles. The highest BCUT2D eigenvalue weighted by molar-refractivity contribution is 5.94. The summed E-state index contributed by atoms with van der Waals surface area (Å²) in [6.07, 6.45) is 3.41. The Hall–Kier alpha value is -1.25. The SMILES string of the molecule is CC(C)NC(=O)c1cc[nH]c1. The van der Waals surface area contributed by atoms with E-state index in [4.69, 9.17) is 0 Å². The number of amides is 1. The number of carbonyl (C=O) groups is 1. The summed E-state index contributed by atoms with van der Waals surface area (Å²) in [5.41, 5.74) is 0.679. The Bertz CT molecular complexity index is 226. The summed E-state index contributed by atoms with van der Waals surface area (Å²) in [4.78, 5) is 14.0. The van der Waals surface area contributed by atoms with Gasteiger partial charge >= 0.3 is 0 Å². The minimum atomic E-state index is -0.0266. The smallest absolute Gasteiger partial charge is 0.253 e. The summed E-state index contributed by atoms with van der Waals surface area (Å²) < 4.78 is 0. The van der Waals surface area contributed by atoms with E-state index in [1.807, 2.05) is 13.8 Å². The van der Waals surface area contributed by atoms with Gasteiger partial charge in [0.15, 0.2) is 0 Å².